The van der Waals surface area contributed by atoms with Crippen molar-refractivity contribution in [3.8, 4) is 22.8 Å². The van der Waals surface area contributed by atoms with Gasteiger partial charge in [0.25, 0.3) is 5.91 Å². The van der Waals surface area contributed by atoms with Crippen LogP contribution < -0.4 is 14.8 Å². The summed E-state index contributed by atoms with van der Waals surface area (Å²) in [5.74, 6) is 2.08. The smallest absolute Gasteiger partial charge is 0.289 e. The number of nitrogens with zero attached hydrogens (tertiary/aromatic N) is 1. The van der Waals surface area contributed by atoms with Gasteiger partial charge >= 0.3 is 0 Å². The fourth-order valence-corrected chi connectivity index (χ4v) is 4.23. The van der Waals surface area contributed by atoms with Gasteiger partial charge in [-0.3, -0.25) is 9.59 Å². The first-order valence-electron chi connectivity index (χ1n) is 11.7. The van der Waals surface area contributed by atoms with E-state index in [2.05, 4.69) is 5.32 Å². The summed E-state index contributed by atoms with van der Waals surface area (Å²) in [6.45, 7) is 7.17. The van der Waals surface area contributed by atoms with Crippen molar-refractivity contribution in [2.75, 3.05) is 26.1 Å². The number of benzene rings is 2. The number of ether oxygens (including phenoxy) is 2. The first-order chi connectivity index (χ1) is 16.7. The number of anilines is 1. The lowest BCUT2D eigenvalue weighted by Crippen LogP contribution is -2.35. The van der Waals surface area contributed by atoms with E-state index in [4.69, 9.17) is 13.9 Å². The quantitative estimate of drug-likeness (QED) is 0.505. The number of fused-ring (bicyclic) bond motifs is 1. The van der Waals surface area contributed by atoms with Crippen LogP contribution in [-0.2, 0) is 17.8 Å². The molecule has 35 heavy (non-hydrogen) atoms. The van der Waals surface area contributed by atoms with Gasteiger partial charge in [0.05, 0.1) is 14.2 Å². The first kappa shape index (κ1) is 24.4. The largest absolute Gasteiger partial charge is 0.493 e. The molecular weight excluding hydrogens is 444 g/mol. The number of carbonyl (C=O) groups excluding carboxylic acids is 2. The standard InChI is InChI=1S/C28H32N2O5/c1-28(2,3)16-26(31)29-21-8-6-18(7-9-21)22-10-11-23(35-22)27(32)30-13-12-19-14-24(33-4)25(34-5)15-20(19)17-30/h6-11,14-15H,12-13,16-17H2,1-5H3,(H,29,31). The minimum Gasteiger partial charge on any atom is -0.493 e. The van der Waals surface area contributed by atoms with Gasteiger partial charge in [0.1, 0.15) is 5.76 Å². The van der Waals surface area contributed by atoms with Gasteiger partial charge in [0.2, 0.25) is 5.91 Å². The average Bonchev–Trinajstić information content (AvgIpc) is 3.31. The number of nitrogens with one attached hydrogen (secondary N) is 1. The van der Waals surface area contributed by atoms with Crippen molar-refractivity contribution < 1.29 is 23.5 Å². The third kappa shape index (κ3) is 5.67. The molecule has 0 bridgehead atoms. The number of methoxy groups -OCH3 is 2. The second kappa shape index (κ2) is 9.86. The van der Waals surface area contributed by atoms with E-state index < -0.39 is 0 Å². The molecule has 7 nitrogen and oxygen atoms in total. The third-order valence-electron chi connectivity index (χ3n) is 5.97. The molecule has 184 valence electrons. The summed E-state index contributed by atoms with van der Waals surface area (Å²) >= 11 is 0. The van der Waals surface area contributed by atoms with Gasteiger partial charge in [-0.25, -0.2) is 0 Å². The maximum atomic E-state index is 13.1. The molecular formula is C28H32N2O5. The zero-order chi connectivity index (χ0) is 25.2. The Hall–Kier alpha value is -3.74. The predicted molar refractivity (Wildman–Crippen MR) is 135 cm³/mol. The second-order valence-electron chi connectivity index (χ2n) is 9.98. The number of amides is 2. The van der Waals surface area contributed by atoms with Crippen LogP contribution in [0.1, 0.15) is 48.9 Å². The van der Waals surface area contributed by atoms with Crippen LogP contribution in [0.3, 0.4) is 0 Å². The summed E-state index contributed by atoms with van der Waals surface area (Å²) in [6, 6.07) is 14.8. The van der Waals surface area contributed by atoms with Gasteiger partial charge in [-0.1, -0.05) is 20.8 Å². The molecule has 0 saturated carbocycles. The molecule has 0 radical (unpaired) electrons. The molecule has 0 aliphatic carbocycles. The molecule has 0 unspecified atom stereocenters. The number of furan rings is 1. The summed E-state index contributed by atoms with van der Waals surface area (Å²) < 4.78 is 16.7. The van der Waals surface area contributed by atoms with Crippen LogP contribution in [0.25, 0.3) is 11.3 Å². The van der Waals surface area contributed by atoms with E-state index in [0.717, 1.165) is 28.8 Å². The van der Waals surface area contributed by atoms with Crippen LogP contribution in [0, 0.1) is 5.41 Å². The van der Waals surface area contributed by atoms with Gasteiger partial charge in [0.15, 0.2) is 17.3 Å². The molecule has 2 heterocycles. The normalized spacial score (nSPS) is 13.2. The van der Waals surface area contributed by atoms with Crippen molar-refractivity contribution in [3.63, 3.8) is 0 Å². The Bertz CT molecular complexity index is 1220. The molecule has 1 N–H and O–H groups in total. The van der Waals surface area contributed by atoms with Gasteiger partial charge < -0.3 is 24.1 Å². The lowest BCUT2D eigenvalue weighted by Gasteiger charge is -2.29. The maximum absolute atomic E-state index is 13.1. The van der Waals surface area contributed by atoms with Gasteiger partial charge in [-0.05, 0) is 71.5 Å². The molecule has 7 heteroatoms. The molecule has 0 fully saturated rings. The summed E-state index contributed by atoms with van der Waals surface area (Å²) in [5, 5.41) is 2.92. The summed E-state index contributed by atoms with van der Waals surface area (Å²) in [6.07, 6.45) is 1.18. The Labute approximate surface area is 206 Å². The van der Waals surface area contributed by atoms with Crippen LogP contribution in [0.2, 0.25) is 0 Å². The molecule has 4 rings (SSSR count). The zero-order valence-corrected chi connectivity index (χ0v) is 20.9. The van der Waals surface area contributed by atoms with E-state index in [1.54, 1.807) is 31.3 Å². The summed E-state index contributed by atoms with van der Waals surface area (Å²) in [7, 11) is 3.22. The molecule has 1 aliphatic heterocycles. The molecule has 1 aromatic heterocycles. The molecule has 2 amide bonds. The number of hydrogen-bond acceptors (Lipinski definition) is 5. The molecule has 2 aromatic carbocycles. The number of hydrogen-bond donors (Lipinski definition) is 1. The summed E-state index contributed by atoms with van der Waals surface area (Å²) in [5.41, 5.74) is 3.68. The second-order valence-corrected chi connectivity index (χ2v) is 9.98. The predicted octanol–water partition coefficient (Wildman–Crippen LogP) is 5.54. The number of carbonyl (C=O) groups is 2. The molecule has 3 aromatic rings. The highest BCUT2D eigenvalue weighted by atomic mass is 16.5. The van der Waals surface area contributed by atoms with Crippen LogP contribution in [0.15, 0.2) is 52.9 Å². The lowest BCUT2D eigenvalue weighted by molar-refractivity contribution is -0.117. The van der Waals surface area contributed by atoms with Crippen LogP contribution in [-0.4, -0.2) is 37.5 Å². The lowest BCUT2D eigenvalue weighted by atomic mass is 9.92. The van der Waals surface area contributed by atoms with Crippen molar-refractivity contribution in [2.45, 2.75) is 40.2 Å². The van der Waals surface area contributed by atoms with Gasteiger partial charge in [-0.15, -0.1) is 0 Å². The van der Waals surface area contributed by atoms with E-state index in [1.165, 1.54) is 0 Å². The highest BCUT2D eigenvalue weighted by Crippen LogP contribution is 2.34. The SMILES string of the molecule is COc1cc2c(cc1OC)CN(C(=O)c1ccc(-c3ccc(NC(=O)CC(C)(C)C)cc3)o1)CC2. The van der Waals surface area contributed by atoms with Crippen LogP contribution in [0.5, 0.6) is 11.5 Å². The van der Waals surface area contributed by atoms with Crippen molar-refractivity contribution in [1.82, 2.24) is 4.90 Å². The van der Waals surface area contributed by atoms with E-state index >= 15 is 0 Å². The van der Waals surface area contributed by atoms with Gasteiger partial charge in [-0.2, -0.15) is 0 Å². The minimum atomic E-state index is -0.150. The zero-order valence-electron chi connectivity index (χ0n) is 20.9. The Morgan fingerprint density at radius 3 is 2.26 bits per heavy atom. The van der Waals surface area contributed by atoms with E-state index in [0.29, 0.717) is 42.5 Å². The van der Waals surface area contributed by atoms with E-state index in [9.17, 15) is 9.59 Å². The van der Waals surface area contributed by atoms with Crippen LogP contribution >= 0.6 is 0 Å². The van der Waals surface area contributed by atoms with Crippen molar-refractivity contribution in [2.24, 2.45) is 5.41 Å². The highest BCUT2D eigenvalue weighted by Gasteiger charge is 2.26. The monoisotopic (exact) mass is 476 g/mol. The van der Waals surface area contributed by atoms with Gasteiger partial charge in [0, 0.05) is 30.8 Å². The van der Waals surface area contributed by atoms with Crippen molar-refractivity contribution in [3.05, 3.63) is 65.4 Å². The average molecular weight is 477 g/mol. The topological polar surface area (TPSA) is 81.0 Å². The molecule has 1 aliphatic rings. The summed E-state index contributed by atoms with van der Waals surface area (Å²) in [4.78, 5) is 27.1. The fourth-order valence-electron chi connectivity index (χ4n) is 4.23. The Balaban J connectivity index is 1.43. The minimum absolute atomic E-state index is 0.0182. The Morgan fingerprint density at radius 2 is 1.63 bits per heavy atom. The third-order valence-corrected chi connectivity index (χ3v) is 5.97. The maximum Gasteiger partial charge on any atom is 0.289 e. The molecule has 0 spiro atoms. The Kier molecular flexibility index (Phi) is 6.87. The highest BCUT2D eigenvalue weighted by molar-refractivity contribution is 5.93. The molecule has 0 atom stereocenters. The fraction of sp³-hybridized carbons (Fsp3) is 0.357. The van der Waals surface area contributed by atoms with Crippen molar-refractivity contribution in [1.29, 1.82) is 0 Å². The Morgan fingerprint density at radius 1 is 0.971 bits per heavy atom. The van der Waals surface area contributed by atoms with E-state index in [1.807, 2.05) is 57.2 Å². The van der Waals surface area contributed by atoms with E-state index in [-0.39, 0.29) is 17.2 Å². The van der Waals surface area contributed by atoms with Crippen molar-refractivity contribution >= 4 is 17.5 Å². The molecule has 0 saturated heterocycles. The van der Waals surface area contributed by atoms with Crippen LogP contribution in [0.4, 0.5) is 5.69 Å². The number of rotatable bonds is 6. The first-order valence-corrected chi connectivity index (χ1v) is 11.7.